The van der Waals surface area contributed by atoms with Gasteiger partial charge in [0.25, 0.3) is 0 Å². The van der Waals surface area contributed by atoms with Gasteiger partial charge in [-0.05, 0) is 43.7 Å². The van der Waals surface area contributed by atoms with Crippen molar-refractivity contribution < 1.29 is 9.59 Å². The van der Waals surface area contributed by atoms with Crippen LogP contribution >= 0.6 is 0 Å². The zero-order valence-electron chi connectivity index (χ0n) is 16.5. The van der Waals surface area contributed by atoms with Crippen molar-refractivity contribution in [1.82, 2.24) is 15.1 Å². The van der Waals surface area contributed by atoms with Crippen molar-refractivity contribution in [2.45, 2.75) is 39.3 Å². The normalized spacial score (nSPS) is 10.9. The number of hydrogen-bond acceptors (Lipinski definition) is 4. The number of fused-ring (bicyclic) bond motifs is 1. The minimum absolute atomic E-state index is 0.0300. The van der Waals surface area contributed by atoms with E-state index in [1.54, 1.807) is 28.9 Å². The summed E-state index contributed by atoms with van der Waals surface area (Å²) in [5, 5.41) is 10.4. The minimum atomic E-state index is -0.153. The van der Waals surface area contributed by atoms with Crippen LogP contribution in [0, 0.1) is 0 Å². The van der Waals surface area contributed by atoms with Crippen LogP contribution in [0.15, 0.2) is 59.5 Å². The molecule has 0 radical (unpaired) electrons. The number of anilines is 1. The van der Waals surface area contributed by atoms with E-state index in [9.17, 15) is 14.4 Å². The van der Waals surface area contributed by atoms with Gasteiger partial charge in [0.2, 0.25) is 17.2 Å². The van der Waals surface area contributed by atoms with Gasteiger partial charge >= 0.3 is 0 Å². The molecule has 0 spiro atoms. The lowest BCUT2D eigenvalue weighted by Gasteiger charge is -2.10. The average molecular weight is 392 g/mol. The highest BCUT2D eigenvalue weighted by molar-refractivity contribution is 5.90. The van der Waals surface area contributed by atoms with Gasteiger partial charge in [-0.15, -0.1) is 0 Å². The summed E-state index contributed by atoms with van der Waals surface area (Å²) in [7, 11) is 0. The van der Waals surface area contributed by atoms with E-state index in [1.807, 2.05) is 38.1 Å². The number of aromatic nitrogens is 2. The largest absolute Gasteiger partial charge is 0.354 e. The quantitative estimate of drug-likeness (QED) is 0.646. The molecule has 29 heavy (non-hydrogen) atoms. The summed E-state index contributed by atoms with van der Waals surface area (Å²) >= 11 is 0. The van der Waals surface area contributed by atoms with Gasteiger partial charge in [-0.3, -0.25) is 19.1 Å². The van der Waals surface area contributed by atoms with E-state index in [0.29, 0.717) is 29.6 Å². The summed E-state index contributed by atoms with van der Waals surface area (Å²) in [5.74, 6) is -0.183. The standard InChI is InChI=1S/C22H24N4O3/c1-15(2)24-22(29)13-16-7-9-17(10-8-16)25-21(28)11-12-26-19-6-4-3-5-18(19)20(27)14-23-26/h3-10,14-15H,11-13H2,1-2H3,(H,24,29)(H,25,28). The highest BCUT2D eigenvalue weighted by Crippen LogP contribution is 2.12. The summed E-state index contributed by atoms with van der Waals surface area (Å²) in [6.07, 6.45) is 1.80. The van der Waals surface area contributed by atoms with Crippen molar-refractivity contribution in [3.63, 3.8) is 0 Å². The molecule has 150 valence electrons. The summed E-state index contributed by atoms with van der Waals surface area (Å²) in [4.78, 5) is 36.0. The van der Waals surface area contributed by atoms with Crippen LogP contribution in [0.2, 0.25) is 0 Å². The van der Waals surface area contributed by atoms with E-state index >= 15 is 0 Å². The van der Waals surface area contributed by atoms with Crippen molar-refractivity contribution in [3.8, 4) is 0 Å². The lowest BCUT2D eigenvalue weighted by molar-refractivity contribution is -0.121. The van der Waals surface area contributed by atoms with E-state index in [0.717, 1.165) is 5.56 Å². The van der Waals surface area contributed by atoms with E-state index in [-0.39, 0.29) is 29.7 Å². The number of amides is 2. The molecule has 0 aliphatic rings. The molecule has 0 fully saturated rings. The van der Waals surface area contributed by atoms with Gasteiger partial charge in [0.15, 0.2) is 0 Å². The topological polar surface area (TPSA) is 93.1 Å². The maximum absolute atomic E-state index is 12.3. The number of carbonyl (C=O) groups excluding carboxylic acids is 2. The molecular weight excluding hydrogens is 368 g/mol. The number of aryl methyl sites for hydroxylation is 1. The number of carbonyl (C=O) groups is 2. The fourth-order valence-corrected chi connectivity index (χ4v) is 3.03. The first kappa shape index (κ1) is 20.3. The summed E-state index contributed by atoms with van der Waals surface area (Å²) < 4.78 is 1.66. The molecule has 0 bridgehead atoms. The zero-order valence-corrected chi connectivity index (χ0v) is 16.5. The van der Waals surface area contributed by atoms with Gasteiger partial charge in [-0.2, -0.15) is 5.10 Å². The van der Waals surface area contributed by atoms with Crippen molar-refractivity contribution in [2.24, 2.45) is 0 Å². The molecule has 2 aromatic carbocycles. The first-order valence-electron chi connectivity index (χ1n) is 9.55. The summed E-state index contributed by atoms with van der Waals surface area (Å²) in [6, 6.07) is 14.5. The highest BCUT2D eigenvalue weighted by atomic mass is 16.2. The van der Waals surface area contributed by atoms with Crippen LogP contribution in [0.5, 0.6) is 0 Å². The molecule has 3 rings (SSSR count). The van der Waals surface area contributed by atoms with Gasteiger partial charge in [-0.25, -0.2) is 0 Å². The molecule has 1 heterocycles. The maximum atomic E-state index is 12.3. The Hall–Kier alpha value is -3.48. The molecule has 0 aliphatic carbocycles. The first-order chi connectivity index (χ1) is 13.9. The third kappa shape index (κ3) is 5.51. The van der Waals surface area contributed by atoms with Crippen LogP contribution in [-0.2, 0) is 22.6 Å². The Balaban J connectivity index is 1.57. The molecule has 0 unspecified atom stereocenters. The second-order valence-corrected chi connectivity index (χ2v) is 7.14. The highest BCUT2D eigenvalue weighted by Gasteiger charge is 2.08. The van der Waals surface area contributed by atoms with Crippen LogP contribution in [0.3, 0.4) is 0 Å². The fraction of sp³-hybridized carbons (Fsp3) is 0.273. The predicted molar refractivity (Wildman–Crippen MR) is 113 cm³/mol. The van der Waals surface area contributed by atoms with Crippen molar-refractivity contribution >= 4 is 28.4 Å². The van der Waals surface area contributed by atoms with Crippen molar-refractivity contribution in [1.29, 1.82) is 0 Å². The molecule has 2 amide bonds. The Labute approximate surface area is 168 Å². The molecule has 0 saturated carbocycles. The third-order valence-corrected chi connectivity index (χ3v) is 4.36. The van der Waals surface area contributed by atoms with E-state index in [1.165, 1.54) is 6.20 Å². The summed E-state index contributed by atoms with van der Waals surface area (Å²) in [6.45, 7) is 4.20. The number of rotatable bonds is 7. The van der Waals surface area contributed by atoms with Gasteiger partial charge in [0.1, 0.15) is 0 Å². The van der Waals surface area contributed by atoms with E-state index in [2.05, 4.69) is 15.7 Å². The number of para-hydroxylation sites is 1. The molecule has 1 aromatic heterocycles. The second kappa shape index (κ2) is 9.14. The molecule has 0 aliphatic heterocycles. The average Bonchev–Trinajstić information content (AvgIpc) is 2.68. The fourth-order valence-electron chi connectivity index (χ4n) is 3.03. The minimum Gasteiger partial charge on any atom is -0.354 e. The van der Waals surface area contributed by atoms with Crippen LogP contribution in [-0.4, -0.2) is 27.6 Å². The number of hydrogen-bond donors (Lipinski definition) is 2. The Morgan fingerprint density at radius 1 is 1.03 bits per heavy atom. The Morgan fingerprint density at radius 2 is 1.76 bits per heavy atom. The van der Waals surface area contributed by atoms with Gasteiger partial charge in [-0.1, -0.05) is 24.3 Å². The molecular formula is C22H24N4O3. The van der Waals surface area contributed by atoms with Crippen molar-refractivity contribution in [2.75, 3.05) is 5.32 Å². The van der Waals surface area contributed by atoms with Crippen LogP contribution in [0.1, 0.15) is 25.8 Å². The Kier molecular flexibility index (Phi) is 6.39. The molecule has 7 nitrogen and oxygen atoms in total. The predicted octanol–water partition coefficient (Wildman–Crippen LogP) is 2.49. The number of nitrogens with one attached hydrogen (secondary N) is 2. The Morgan fingerprint density at radius 3 is 2.48 bits per heavy atom. The van der Waals surface area contributed by atoms with E-state index in [4.69, 9.17) is 0 Å². The van der Waals surface area contributed by atoms with Gasteiger partial charge < -0.3 is 10.6 Å². The SMILES string of the molecule is CC(C)NC(=O)Cc1ccc(NC(=O)CCn2ncc(=O)c3ccccc32)cc1. The van der Waals surface area contributed by atoms with E-state index < -0.39 is 0 Å². The molecule has 7 heteroatoms. The van der Waals surface area contributed by atoms with Crippen LogP contribution in [0.4, 0.5) is 5.69 Å². The molecule has 0 atom stereocenters. The lowest BCUT2D eigenvalue weighted by atomic mass is 10.1. The number of nitrogens with zero attached hydrogens (tertiary/aromatic N) is 2. The lowest BCUT2D eigenvalue weighted by Crippen LogP contribution is -2.31. The van der Waals surface area contributed by atoms with Gasteiger partial charge in [0.05, 0.1) is 24.7 Å². The first-order valence-corrected chi connectivity index (χ1v) is 9.55. The Bertz CT molecular complexity index is 1070. The molecule has 0 saturated heterocycles. The summed E-state index contributed by atoms with van der Waals surface area (Å²) in [5.41, 5.74) is 2.12. The maximum Gasteiger partial charge on any atom is 0.226 e. The van der Waals surface area contributed by atoms with Crippen molar-refractivity contribution in [3.05, 3.63) is 70.5 Å². The smallest absolute Gasteiger partial charge is 0.226 e. The van der Waals surface area contributed by atoms with Crippen LogP contribution < -0.4 is 16.1 Å². The molecule has 3 aromatic rings. The number of benzene rings is 2. The third-order valence-electron chi connectivity index (χ3n) is 4.36. The van der Waals surface area contributed by atoms with Crippen LogP contribution in [0.25, 0.3) is 10.9 Å². The van der Waals surface area contributed by atoms with Gasteiger partial charge in [0, 0.05) is 23.5 Å². The monoisotopic (exact) mass is 392 g/mol. The zero-order chi connectivity index (χ0) is 20.8. The second-order valence-electron chi connectivity index (χ2n) is 7.14. The molecule has 2 N–H and O–H groups in total.